The molecule has 0 bridgehead atoms. The lowest BCUT2D eigenvalue weighted by Crippen LogP contribution is -2.38. The Morgan fingerprint density at radius 2 is 1.65 bits per heavy atom. The molecule has 0 saturated carbocycles. The zero-order valence-electron chi connectivity index (χ0n) is 18.6. The summed E-state index contributed by atoms with van der Waals surface area (Å²) in [5.41, 5.74) is 1.72. The molecule has 3 aromatic rings. The van der Waals surface area contributed by atoms with Crippen LogP contribution in [-0.4, -0.2) is 44.2 Å². The fourth-order valence-corrected chi connectivity index (χ4v) is 5.49. The molecule has 0 spiro atoms. The third kappa shape index (κ3) is 5.92. The third-order valence-corrected chi connectivity index (χ3v) is 7.78. The van der Waals surface area contributed by atoms with Gasteiger partial charge in [0.25, 0.3) is 5.91 Å². The van der Waals surface area contributed by atoms with Crippen molar-refractivity contribution in [2.45, 2.75) is 24.2 Å². The number of piperidine rings is 1. The van der Waals surface area contributed by atoms with E-state index >= 15 is 0 Å². The van der Waals surface area contributed by atoms with E-state index in [1.807, 2.05) is 18.2 Å². The average molecular weight is 482 g/mol. The standard InChI is InChI=1S/C25H27N3O5S/c29-24(18-26-25(30)23-7-4-16-33-23)27-21-8-10-22(11-9-21)34(31,32)28-14-12-20(13-15-28)17-19-5-2-1-3-6-19/h1-11,16,20H,12-15,17-18H2,(H,26,30)(H,27,29). The lowest BCUT2D eigenvalue weighted by atomic mass is 9.91. The molecular formula is C25H27N3O5S. The summed E-state index contributed by atoms with van der Waals surface area (Å²) in [5, 5.41) is 5.09. The molecule has 0 radical (unpaired) electrons. The number of carbonyl (C=O) groups is 2. The number of benzene rings is 2. The lowest BCUT2D eigenvalue weighted by molar-refractivity contribution is -0.115. The fourth-order valence-electron chi connectivity index (χ4n) is 4.02. The summed E-state index contributed by atoms with van der Waals surface area (Å²) in [6.45, 7) is 0.749. The van der Waals surface area contributed by atoms with Crippen LogP contribution < -0.4 is 10.6 Å². The number of hydrogen-bond donors (Lipinski definition) is 2. The first-order valence-corrected chi connectivity index (χ1v) is 12.6. The van der Waals surface area contributed by atoms with Crippen molar-refractivity contribution in [2.75, 3.05) is 25.0 Å². The van der Waals surface area contributed by atoms with Gasteiger partial charge < -0.3 is 15.1 Å². The fraction of sp³-hybridized carbons (Fsp3) is 0.280. The number of furan rings is 1. The monoisotopic (exact) mass is 481 g/mol. The molecule has 1 saturated heterocycles. The smallest absolute Gasteiger partial charge is 0.287 e. The number of amides is 2. The van der Waals surface area contributed by atoms with E-state index < -0.39 is 21.8 Å². The molecule has 0 aliphatic carbocycles. The van der Waals surface area contributed by atoms with E-state index in [1.165, 1.54) is 34.3 Å². The molecule has 178 valence electrons. The summed E-state index contributed by atoms with van der Waals surface area (Å²) in [4.78, 5) is 24.1. The molecule has 1 fully saturated rings. The molecule has 2 N–H and O–H groups in total. The molecule has 4 rings (SSSR count). The molecule has 2 amide bonds. The summed E-state index contributed by atoms with van der Waals surface area (Å²) in [6.07, 6.45) is 3.99. The maximum atomic E-state index is 13.1. The largest absolute Gasteiger partial charge is 0.459 e. The Balaban J connectivity index is 1.27. The molecule has 8 nitrogen and oxygen atoms in total. The number of hydrogen-bond acceptors (Lipinski definition) is 5. The van der Waals surface area contributed by atoms with Crippen molar-refractivity contribution in [2.24, 2.45) is 5.92 Å². The van der Waals surface area contributed by atoms with Gasteiger partial charge >= 0.3 is 0 Å². The first kappa shape index (κ1) is 23.7. The second-order valence-electron chi connectivity index (χ2n) is 8.27. The highest BCUT2D eigenvalue weighted by Gasteiger charge is 2.29. The molecule has 0 unspecified atom stereocenters. The van der Waals surface area contributed by atoms with Crippen molar-refractivity contribution in [3.63, 3.8) is 0 Å². The summed E-state index contributed by atoms with van der Waals surface area (Å²) < 4.78 is 32.6. The van der Waals surface area contributed by atoms with Crippen LogP contribution in [-0.2, 0) is 21.2 Å². The minimum Gasteiger partial charge on any atom is -0.459 e. The second-order valence-corrected chi connectivity index (χ2v) is 10.2. The molecule has 2 aromatic carbocycles. The predicted octanol–water partition coefficient (Wildman–Crippen LogP) is 3.29. The third-order valence-electron chi connectivity index (χ3n) is 5.87. The van der Waals surface area contributed by atoms with Gasteiger partial charge in [0.15, 0.2) is 5.76 Å². The molecular weight excluding hydrogens is 454 g/mol. The number of anilines is 1. The van der Waals surface area contributed by atoms with Gasteiger partial charge in [-0.05, 0) is 67.1 Å². The number of rotatable bonds is 8. The van der Waals surface area contributed by atoms with Gasteiger partial charge in [-0.3, -0.25) is 9.59 Å². The maximum Gasteiger partial charge on any atom is 0.287 e. The van der Waals surface area contributed by atoms with Crippen molar-refractivity contribution in [3.05, 3.63) is 84.3 Å². The normalized spacial score (nSPS) is 15.1. The van der Waals surface area contributed by atoms with E-state index in [2.05, 4.69) is 22.8 Å². The Bertz CT molecular complexity index is 1200. The Kier molecular flexibility index (Phi) is 7.44. The van der Waals surface area contributed by atoms with Gasteiger partial charge in [0.2, 0.25) is 15.9 Å². The lowest BCUT2D eigenvalue weighted by Gasteiger charge is -2.31. The number of nitrogens with one attached hydrogen (secondary N) is 2. The molecule has 2 heterocycles. The van der Waals surface area contributed by atoms with Gasteiger partial charge in [-0.1, -0.05) is 30.3 Å². The van der Waals surface area contributed by atoms with Gasteiger partial charge in [-0.25, -0.2) is 8.42 Å². The van der Waals surface area contributed by atoms with Crippen LogP contribution in [0.3, 0.4) is 0 Å². The van der Waals surface area contributed by atoms with Gasteiger partial charge in [0.05, 0.1) is 17.7 Å². The van der Waals surface area contributed by atoms with E-state index in [0.29, 0.717) is 24.7 Å². The van der Waals surface area contributed by atoms with Crippen molar-refractivity contribution < 1.29 is 22.4 Å². The van der Waals surface area contributed by atoms with Crippen molar-refractivity contribution >= 4 is 27.5 Å². The Morgan fingerprint density at radius 1 is 0.941 bits per heavy atom. The zero-order chi connectivity index (χ0) is 24.0. The van der Waals surface area contributed by atoms with Crippen LogP contribution in [0.5, 0.6) is 0 Å². The highest BCUT2D eigenvalue weighted by atomic mass is 32.2. The van der Waals surface area contributed by atoms with E-state index in [0.717, 1.165) is 19.3 Å². The van der Waals surface area contributed by atoms with Gasteiger partial charge in [-0.2, -0.15) is 4.31 Å². The van der Waals surface area contributed by atoms with E-state index in [1.54, 1.807) is 18.2 Å². The topological polar surface area (TPSA) is 109 Å². The first-order valence-electron chi connectivity index (χ1n) is 11.2. The van der Waals surface area contributed by atoms with E-state index in [4.69, 9.17) is 4.42 Å². The average Bonchev–Trinajstić information content (AvgIpc) is 3.39. The molecule has 0 atom stereocenters. The van der Waals surface area contributed by atoms with Crippen LogP contribution in [0.25, 0.3) is 0 Å². The Labute approximate surface area is 199 Å². The van der Waals surface area contributed by atoms with E-state index in [9.17, 15) is 18.0 Å². The summed E-state index contributed by atoms with van der Waals surface area (Å²) in [5.74, 6) is -0.337. The van der Waals surface area contributed by atoms with Crippen LogP contribution >= 0.6 is 0 Å². The molecule has 34 heavy (non-hydrogen) atoms. The SMILES string of the molecule is O=C(CNC(=O)c1ccco1)Nc1ccc(S(=O)(=O)N2CCC(Cc3ccccc3)CC2)cc1. The number of carbonyl (C=O) groups excluding carboxylic acids is 2. The molecule has 1 aromatic heterocycles. The minimum atomic E-state index is -3.60. The minimum absolute atomic E-state index is 0.117. The quantitative estimate of drug-likeness (QED) is 0.513. The Hall–Kier alpha value is -3.43. The number of sulfonamides is 1. The Morgan fingerprint density at radius 3 is 2.29 bits per heavy atom. The number of nitrogens with zero attached hydrogens (tertiary/aromatic N) is 1. The zero-order valence-corrected chi connectivity index (χ0v) is 19.5. The second kappa shape index (κ2) is 10.7. The van der Waals surface area contributed by atoms with Crippen LogP contribution in [0.4, 0.5) is 5.69 Å². The van der Waals surface area contributed by atoms with Crippen LogP contribution in [0.2, 0.25) is 0 Å². The van der Waals surface area contributed by atoms with Gasteiger partial charge in [0.1, 0.15) is 0 Å². The van der Waals surface area contributed by atoms with Crippen LogP contribution in [0.1, 0.15) is 29.0 Å². The summed E-state index contributed by atoms with van der Waals surface area (Å²) in [6, 6.07) is 19.4. The highest BCUT2D eigenvalue weighted by molar-refractivity contribution is 7.89. The molecule has 1 aliphatic heterocycles. The van der Waals surface area contributed by atoms with Crippen molar-refractivity contribution in [3.8, 4) is 0 Å². The molecule has 9 heteroatoms. The van der Waals surface area contributed by atoms with Crippen molar-refractivity contribution in [1.82, 2.24) is 9.62 Å². The highest BCUT2D eigenvalue weighted by Crippen LogP contribution is 2.26. The van der Waals surface area contributed by atoms with E-state index in [-0.39, 0.29) is 17.2 Å². The summed E-state index contributed by atoms with van der Waals surface area (Å²) in [7, 11) is -3.60. The maximum absolute atomic E-state index is 13.1. The van der Waals surface area contributed by atoms with Gasteiger partial charge in [-0.15, -0.1) is 0 Å². The van der Waals surface area contributed by atoms with Crippen molar-refractivity contribution in [1.29, 1.82) is 0 Å². The first-order chi connectivity index (χ1) is 16.4. The van der Waals surface area contributed by atoms with Crippen LogP contribution in [0, 0.1) is 5.92 Å². The predicted molar refractivity (Wildman–Crippen MR) is 128 cm³/mol. The van der Waals surface area contributed by atoms with Gasteiger partial charge in [0, 0.05) is 18.8 Å². The summed E-state index contributed by atoms with van der Waals surface area (Å²) >= 11 is 0. The van der Waals surface area contributed by atoms with Crippen LogP contribution in [0.15, 0.2) is 82.3 Å². The molecule has 1 aliphatic rings.